The molecule has 3 aromatic carbocycles. The highest BCUT2D eigenvalue weighted by Gasteiger charge is 2.23. The van der Waals surface area contributed by atoms with Gasteiger partial charge in [0.05, 0.1) is 28.5 Å². The molecule has 6 rings (SSSR count). The summed E-state index contributed by atoms with van der Waals surface area (Å²) in [6.45, 7) is 3.06. The third-order valence-electron chi connectivity index (χ3n) is 7.21. The van der Waals surface area contributed by atoms with Crippen LogP contribution in [0.2, 0.25) is 0 Å². The summed E-state index contributed by atoms with van der Waals surface area (Å²) in [6.07, 6.45) is 1.62. The average molecular weight is 514 g/mol. The number of hydrogen-bond acceptors (Lipinski definition) is 5. The molecule has 1 fully saturated rings. The van der Waals surface area contributed by atoms with E-state index in [0.29, 0.717) is 36.5 Å². The maximum atomic E-state index is 13.4. The van der Waals surface area contributed by atoms with Gasteiger partial charge >= 0.3 is 5.69 Å². The van der Waals surface area contributed by atoms with Crippen LogP contribution in [0, 0.1) is 5.82 Å². The number of benzene rings is 3. The van der Waals surface area contributed by atoms with E-state index in [1.807, 2.05) is 28.8 Å². The molecule has 38 heavy (non-hydrogen) atoms. The number of fused-ring (bicyclic) bond motifs is 2. The normalized spacial score (nSPS) is 14.9. The van der Waals surface area contributed by atoms with Crippen molar-refractivity contribution in [2.24, 2.45) is 0 Å². The number of aromatic nitrogens is 4. The summed E-state index contributed by atoms with van der Waals surface area (Å²) in [5, 5.41) is 0.516. The molecule has 1 N–H and O–H groups in total. The van der Waals surface area contributed by atoms with Gasteiger partial charge in [-0.15, -0.1) is 0 Å². The van der Waals surface area contributed by atoms with E-state index in [-0.39, 0.29) is 23.2 Å². The molecule has 1 aliphatic heterocycles. The highest BCUT2D eigenvalue weighted by molar-refractivity contribution is 5.77. The molecule has 3 heterocycles. The van der Waals surface area contributed by atoms with E-state index < -0.39 is 0 Å². The van der Waals surface area contributed by atoms with E-state index in [4.69, 9.17) is 9.72 Å². The van der Waals surface area contributed by atoms with Gasteiger partial charge in [0.15, 0.2) is 0 Å². The Morgan fingerprint density at radius 1 is 0.895 bits per heavy atom. The van der Waals surface area contributed by atoms with Crippen molar-refractivity contribution in [2.75, 3.05) is 19.6 Å². The van der Waals surface area contributed by atoms with Crippen LogP contribution in [0.4, 0.5) is 4.39 Å². The summed E-state index contributed by atoms with van der Waals surface area (Å²) in [5.41, 5.74) is 2.70. The van der Waals surface area contributed by atoms with Crippen LogP contribution < -0.4 is 16.0 Å². The predicted octanol–water partition coefficient (Wildman–Crippen LogP) is 3.77. The summed E-state index contributed by atoms with van der Waals surface area (Å²) in [7, 11) is 0. The van der Waals surface area contributed by atoms with Crippen molar-refractivity contribution >= 4 is 21.9 Å². The van der Waals surface area contributed by atoms with Gasteiger partial charge in [-0.3, -0.25) is 13.9 Å². The van der Waals surface area contributed by atoms with Gasteiger partial charge < -0.3 is 14.6 Å². The number of nitrogens with zero attached hydrogens (tertiary/aromatic N) is 4. The smallest absolute Gasteiger partial charge is 0.328 e. The molecule has 194 valence electrons. The fourth-order valence-corrected chi connectivity index (χ4v) is 5.11. The van der Waals surface area contributed by atoms with Gasteiger partial charge in [-0.25, -0.2) is 9.18 Å². The third kappa shape index (κ3) is 4.84. The molecule has 9 heteroatoms. The van der Waals surface area contributed by atoms with Gasteiger partial charge in [-0.2, -0.15) is 4.98 Å². The van der Waals surface area contributed by atoms with Crippen molar-refractivity contribution in [3.05, 3.63) is 105 Å². The average Bonchev–Trinajstić information content (AvgIpc) is 3.27. The van der Waals surface area contributed by atoms with Crippen molar-refractivity contribution in [3.63, 3.8) is 0 Å². The molecule has 2 aromatic heterocycles. The molecule has 0 aliphatic carbocycles. The Morgan fingerprint density at radius 3 is 2.45 bits per heavy atom. The maximum Gasteiger partial charge on any atom is 0.328 e. The van der Waals surface area contributed by atoms with Crippen molar-refractivity contribution in [1.29, 1.82) is 0 Å². The summed E-state index contributed by atoms with van der Waals surface area (Å²) in [6, 6.07) is 22.0. The predicted molar refractivity (Wildman–Crippen MR) is 144 cm³/mol. The molecule has 0 bridgehead atoms. The van der Waals surface area contributed by atoms with E-state index >= 15 is 0 Å². The number of para-hydroxylation sites is 3. The Hall–Kier alpha value is -4.24. The fraction of sp³-hybridized carbons (Fsp3) is 0.276. The molecule has 0 spiro atoms. The first-order valence-electron chi connectivity index (χ1n) is 12.9. The quantitative estimate of drug-likeness (QED) is 0.358. The molecular weight excluding hydrogens is 485 g/mol. The first-order chi connectivity index (χ1) is 18.5. The number of aromatic amines is 1. The zero-order chi connectivity index (χ0) is 26.1. The van der Waals surface area contributed by atoms with E-state index in [1.165, 1.54) is 16.7 Å². The number of H-pyrrole nitrogens is 1. The second-order valence-electron chi connectivity index (χ2n) is 9.69. The second kappa shape index (κ2) is 10.3. The molecular formula is C29H28FN5O3. The van der Waals surface area contributed by atoms with Gasteiger partial charge in [0.1, 0.15) is 11.9 Å². The Kier molecular flexibility index (Phi) is 6.51. The monoisotopic (exact) mass is 513 g/mol. The number of imidazole rings is 1. The summed E-state index contributed by atoms with van der Waals surface area (Å²) in [5.74, 6) is -0.262. The van der Waals surface area contributed by atoms with Gasteiger partial charge in [0.2, 0.25) is 0 Å². The minimum atomic E-state index is -0.382. The van der Waals surface area contributed by atoms with E-state index in [9.17, 15) is 14.0 Å². The molecule has 0 radical (unpaired) electrons. The first-order valence-corrected chi connectivity index (χ1v) is 12.9. The van der Waals surface area contributed by atoms with Crippen LogP contribution in [-0.2, 0) is 13.1 Å². The summed E-state index contributed by atoms with van der Waals surface area (Å²) >= 11 is 0. The molecule has 5 aromatic rings. The number of likely N-dealkylation sites (tertiary alicyclic amines) is 1. The molecule has 0 amide bonds. The molecule has 0 saturated carbocycles. The van der Waals surface area contributed by atoms with Crippen molar-refractivity contribution in [2.45, 2.75) is 32.0 Å². The van der Waals surface area contributed by atoms with Crippen LogP contribution in [0.25, 0.3) is 21.9 Å². The van der Waals surface area contributed by atoms with Crippen LogP contribution >= 0.6 is 0 Å². The number of hydrogen-bond donors (Lipinski definition) is 1. The zero-order valence-electron chi connectivity index (χ0n) is 20.8. The topological polar surface area (TPSA) is 85.2 Å². The number of halogens is 1. The standard InChI is InChI=1S/C29H28FN5O3/c30-21-11-9-20(10-12-21)19-35-26-8-4-3-7-25(26)32-29(35)38-22-13-15-33(16-14-22)17-18-34-27(36)23-5-1-2-6-24(23)31-28(34)37/h1-12,22H,13-19H2,(H,31,37). The largest absolute Gasteiger partial charge is 0.461 e. The number of rotatable bonds is 7. The van der Waals surface area contributed by atoms with Gasteiger partial charge in [0, 0.05) is 26.2 Å². The van der Waals surface area contributed by atoms with Gasteiger partial charge in [0.25, 0.3) is 11.6 Å². The second-order valence-corrected chi connectivity index (χ2v) is 9.69. The summed E-state index contributed by atoms with van der Waals surface area (Å²) in [4.78, 5) is 35.1. The molecule has 1 aliphatic rings. The lowest BCUT2D eigenvalue weighted by Gasteiger charge is -2.31. The molecule has 0 atom stereocenters. The lowest BCUT2D eigenvalue weighted by molar-refractivity contribution is 0.0882. The summed E-state index contributed by atoms with van der Waals surface area (Å²) < 4.78 is 23.1. The number of piperidine rings is 1. The van der Waals surface area contributed by atoms with Crippen LogP contribution in [0.3, 0.4) is 0 Å². The van der Waals surface area contributed by atoms with Gasteiger partial charge in [-0.05, 0) is 54.8 Å². The number of nitrogens with one attached hydrogen (secondary N) is 1. The molecule has 8 nitrogen and oxygen atoms in total. The minimum absolute atomic E-state index is 0.00169. The van der Waals surface area contributed by atoms with Crippen molar-refractivity contribution in [1.82, 2.24) is 24.0 Å². The zero-order valence-corrected chi connectivity index (χ0v) is 20.8. The molecule has 1 saturated heterocycles. The first kappa shape index (κ1) is 24.1. The van der Waals surface area contributed by atoms with Crippen LogP contribution in [0.5, 0.6) is 6.01 Å². The third-order valence-corrected chi connectivity index (χ3v) is 7.21. The Morgan fingerprint density at radius 2 is 1.63 bits per heavy atom. The number of ether oxygens (including phenoxy) is 1. The maximum absolute atomic E-state index is 13.4. The van der Waals surface area contributed by atoms with Crippen LogP contribution in [-0.4, -0.2) is 49.7 Å². The highest BCUT2D eigenvalue weighted by Crippen LogP contribution is 2.26. The van der Waals surface area contributed by atoms with Crippen molar-refractivity contribution < 1.29 is 9.13 Å². The van der Waals surface area contributed by atoms with Crippen molar-refractivity contribution in [3.8, 4) is 6.01 Å². The highest BCUT2D eigenvalue weighted by atomic mass is 19.1. The van der Waals surface area contributed by atoms with E-state index in [0.717, 1.165) is 42.5 Å². The Bertz CT molecular complexity index is 1700. The Balaban J connectivity index is 1.12. The van der Waals surface area contributed by atoms with Gasteiger partial charge in [-0.1, -0.05) is 36.4 Å². The fourth-order valence-electron chi connectivity index (χ4n) is 5.11. The molecule has 0 unspecified atom stereocenters. The SMILES string of the molecule is O=c1[nH]c2ccccc2c(=O)n1CCN1CCC(Oc2nc3ccccc3n2Cc2ccc(F)cc2)CC1. The minimum Gasteiger partial charge on any atom is -0.461 e. The Labute approximate surface area is 217 Å². The van der Waals surface area contributed by atoms with E-state index in [2.05, 4.69) is 9.88 Å². The van der Waals surface area contributed by atoms with Crippen LogP contribution in [0.1, 0.15) is 18.4 Å². The van der Waals surface area contributed by atoms with E-state index in [1.54, 1.807) is 36.4 Å². The lowest BCUT2D eigenvalue weighted by atomic mass is 10.1. The van der Waals surface area contributed by atoms with Crippen LogP contribution in [0.15, 0.2) is 82.4 Å². The lowest BCUT2D eigenvalue weighted by Crippen LogP contribution is -2.43.